The largest absolute Gasteiger partial charge is 0.378 e. The van der Waals surface area contributed by atoms with E-state index in [1.165, 1.54) is 32.1 Å². The van der Waals surface area contributed by atoms with Gasteiger partial charge in [0.15, 0.2) is 0 Å². The summed E-state index contributed by atoms with van der Waals surface area (Å²) in [5, 5.41) is 0. The molecule has 0 aliphatic heterocycles. The lowest BCUT2D eigenvalue weighted by Crippen LogP contribution is -2.31. The van der Waals surface area contributed by atoms with E-state index in [9.17, 15) is 0 Å². The van der Waals surface area contributed by atoms with Crippen molar-refractivity contribution in [3.63, 3.8) is 0 Å². The van der Waals surface area contributed by atoms with Gasteiger partial charge < -0.3 is 10.5 Å². The molecule has 13 heavy (non-hydrogen) atoms. The summed E-state index contributed by atoms with van der Waals surface area (Å²) in [7, 11) is 0. The molecule has 2 N–H and O–H groups in total. The molecular formula is C11H21NO. The topological polar surface area (TPSA) is 35.2 Å². The minimum Gasteiger partial charge on any atom is -0.378 e. The molecule has 0 saturated heterocycles. The van der Waals surface area contributed by atoms with Gasteiger partial charge in [-0.25, -0.2) is 0 Å². The second-order valence-corrected chi connectivity index (χ2v) is 4.67. The van der Waals surface area contributed by atoms with Crippen molar-refractivity contribution in [1.29, 1.82) is 0 Å². The van der Waals surface area contributed by atoms with Crippen LogP contribution in [0.1, 0.15) is 44.9 Å². The molecule has 2 heteroatoms. The second-order valence-electron chi connectivity index (χ2n) is 4.67. The van der Waals surface area contributed by atoms with Crippen molar-refractivity contribution in [1.82, 2.24) is 0 Å². The first-order valence-electron chi connectivity index (χ1n) is 5.72. The van der Waals surface area contributed by atoms with Crippen LogP contribution in [0.5, 0.6) is 0 Å². The summed E-state index contributed by atoms with van der Waals surface area (Å²) in [6.45, 7) is 1.01. The quantitative estimate of drug-likeness (QED) is 0.727. The van der Waals surface area contributed by atoms with Crippen LogP contribution in [0.2, 0.25) is 0 Å². The van der Waals surface area contributed by atoms with Crippen LogP contribution in [0.3, 0.4) is 0 Å². The summed E-state index contributed by atoms with van der Waals surface area (Å²) in [5.41, 5.74) is 5.83. The Bertz CT molecular complexity index is 148. The molecule has 2 saturated carbocycles. The van der Waals surface area contributed by atoms with Crippen LogP contribution in [0.15, 0.2) is 0 Å². The van der Waals surface area contributed by atoms with Gasteiger partial charge in [-0.15, -0.1) is 0 Å². The van der Waals surface area contributed by atoms with E-state index < -0.39 is 0 Å². The van der Waals surface area contributed by atoms with Gasteiger partial charge >= 0.3 is 0 Å². The van der Waals surface area contributed by atoms with Crippen LogP contribution >= 0.6 is 0 Å². The molecule has 0 atom stereocenters. The molecule has 2 fully saturated rings. The van der Waals surface area contributed by atoms with E-state index in [-0.39, 0.29) is 0 Å². The van der Waals surface area contributed by atoms with Gasteiger partial charge in [-0.2, -0.15) is 0 Å². The SMILES string of the molecule is NC1CCC(OCC2CCC2)CC1. The van der Waals surface area contributed by atoms with Gasteiger partial charge in [0.1, 0.15) is 0 Å². The normalized spacial score (nSPS) is 35.8. The highest BCUT2D eigenvalue weighted by molar-refractivity contribution is 4.76. The number of nitrogens with two attached hydrogens (primary N) is 1. The predicted octanol–water partition coefficient (Wildman–Crippen LogP) is 2.07. The molecule has 0 bridgehead atoms. The zero-order valence-electron chi connectivity index (χ0n) is 8.37. The first kappa shape index (κ1) is 9.47. The third kappa shape index (κ3) is 2.68. The maximum Gasteiger partial charge on any atom is 0.0576 e. The molecular weight excluding hydrogens is 162 g/mol. The Morgan fingerprint density at radius 2 is 1.69 bits per heavy atom. The van der Waals surface area contributed by atoms with Crippen LogP contribution in [0, 0.1) is 5.92 Å². The van der Waals surface area contributed by atoms with E-state index in [1.807, 2.05) is 0 Å². The van der Waals surface area contributed by atoms with E-state index in [0.717, 1.165) is 25.4 Å². The minimum atomic E-state index is 0.448. The lowest BCUT2D eigenvalue weighted by molar-refractivity contribution is -0.00959. The van der Waals surface area contributed by atoms with Crippen LogP contribution in [0.4, 0.5) is 0 Å². The molecule has 0 spiro atoms. The predicted molar refractivity (Wildman–Crippen MR) is 53.5 cm³/mol. The van der Waals surface area contributed by atoms with E-state index in [4.69, 9.17) is 10.5 Å². The Morgan fingerprint density at radius 1 is 1.00 bits per heavy atom. The Balaban J connectivity index is 1.59. The lowest BCUT2D eigenvalue weighted by Gasteiger charge is -2.30. The molecule has 76 valence electrons. The van der Waals surface area contributed by atoms with Gasteiger partial charge in [0, 0.05) is 12.6 Å². The molecule has 2 aliphatic carbocycles. The summed E-state index contributed by atoms with van der Waals surface area (Å²) in [5.74, 6) is 0.885. The van der Waals surface area contributed by atoms with Crippen molar-refractivity contribution in [2.24, 2.45) is 11.7 Å². The average molecular weight is 183 g/mol. The van der Waals surface area contributed by atoms with E-state index in [1.54, 1.807) is 0 Å². The highest BCUT2D eigenvalue weighted by atomic mass is 16.5. The Hall–Kier alpha value is -0.0800. The summed E-state index contributed by atoms with van der Waals surface area (Å²) < 4.78 is 5.88. The number of ether oxygens (including phenoxy) is 1. The monoisotopic (exact) mass is 183 g/mol. The van der Waals surface area contributed by atoms with Crippen LogP contribution < -0.4 is 5.73 Å². The molecule has 2 aliphatic rings. The third-order valence-corrected chi connectivity index (χ3v) is 3.51. The Labute approximate surface area is 80.8 Å². The van der Waals surface area contributed by atoms with Crippen molar-refractivity contribution in [3.05, 3.63) is 0 Å². The van der Waals surface area contributed by atoms with Crippen molar-refractivity contribution >= 4 is 0 Å². The fraction of sp³-hybridized carbons (Fsp3) is 1.00. The van der Waals surface area contributed by atoms with Gasteiger partial charge in [-0.1, -0.05) is 6.42 Å². The lowest BCUT2D eigenvalue weighted by atomic mass is 9.86. The Morgan fingerprint density at radius 3 is 2.23 bits per heavy atom. The van der Waals surface area contributed by atoms with Gasteiger partial charge in [-0.3, -0.25) is 0 Å². The summed E-state index contributed by atoms with van der Waals surface area (Å²) in [6.07, 6.45) is 9.44. The average Bonchev–Trinajstić information content (AvgIpc) is 2.05. The van der Waals surface area contributed by atoms with E-state index >= 15 is 0 Å². The standard InChI is InChI=1S/C11H21NO/c12-10-4-6-11(7-5-10)13-8-9-2-1-3-9/h9-11H,1-8,12H2. The Kier molecular flexibility index (Phi) is 3.23. The fourth-order valence-corrected chi connectivity index (χ4v) is 2.19. The van der Waals surface area contributed by atoms with Gasteiger partial charge in [0.25, 0.3) is 0 Å². The fourth-order valence-electron chi connectivity index (χ4n) is 2.19. The highest BCUT2D eigenvalue weighted by Gasteiger charge is 2.22. The third-order valence-electron chi connectivity index (χ3n) is 3.51. The molecule has 0 heterocycles. The molecule has 0 aromatic heterocycles. The first-order valence-corrected chi connectivity index (χ1v) is 5.72. The van der Waals surface area contributed by atoms with Gasteiger partial charge in [-0.05, 0) is 44.4 Å². The molecule has 2 rings (SSSR count). The number of rotatable bonds is 3. The molecule has 0 unspecified atom stereocenters. The summed E-state index contributed by atoms with van der Waals surface area (Å²) in [4.78, 5) is 0. The van der Waals surface area contributed by atoms with Crippen LogP contribution in [-0.2, 0) is 4.74 Å². The summed E-state index contributed by atoms with van der Waals surface area (Å²) >= 11 is 0. The van der Waals surface area contributed by atoms with Gasteiger partial charge in [0.05, 0.1) is 6.10 Å². The molecule has 2 nitrogen and oxygen atoms in total. The van der Waals surface area contributed by atoms with E-state index in [2.05, 4.69) is 0 Å². The van der Waals surface area contributed by atoms with Crippen molar-refractivity contribution in [2.75, 3.05) is 6.61 Å². The molecule has 0 aromatic rings. The van der Waals surface area contributed by atoms with Gasteiger partial charge in [0.2, 0.25) is 0 Å². The molecule has 0 aromatic carbocycles. The smallest absolute Gasteiger partial charge is 0.0576 e. The second kappa shape index (κ2) is 4.43. The summed E-state index contributed by atoms with van der Waals surface area (Å²) in [6, 6.07) is 0.448. The molecule has 0 amide bonds. The minimum absolute atomic E-state index is 0.448. The van der Waals surface area contributed by atoms with Crippen LogP contribution in [0.25, 0.3) is 0 Å². The maximum absolute atomic E-state index is 5.88. The number of hydrogen-bond acceptors (Lipinski definition) is 2. The maximum atomic E-state index is 5.88. The highest BCUT2D eigenvalue weighted by Crippen LogP contribution is 2.28. The molecule has 0 radical (unpaired) electrons. The van der Waals surface area contributed by atoms with Crippen molar-refractivity contribution in [2.45, 2.75) is 57.1 Å². The number of hydrogen-bond donors (Lipinski definition) is 1. The zero-order valence-corrected chi connectivity index (χ0v) is 8.37. The van der Waals surface area contributed by atoms with Crippen LogP contribution in [-0.4, -0.2) is 18.8 Å². The van der Waals surface area contributed by atoms with E-state index in [0.29, 0.717) is 12.1 Å². The van der Waals surface area contributed by atoms with Crippen molar-refractivity contribution in [3.8, 4) is 0 Å². The first-order chi connectivity index (χ1) is 6.34. The van der Waals surface area contributed by atoms with Crippen molar-refractivity contribution < 1.29 is 4.74 Å². The zero-order chi connectivity index (χ0) is 9.10.